The monoisotopic (exact) mass is 319 g/mol. The lowest BCUT2D eigenvalue weighted by atomic mass is 10.0. The fraction of sp³-hybridized carbons (Fsp3) is 0.417. The normalized spacial score (nSPS) is 14.2. The summed E-state index contributed by atoms with van der Waals surface area (Å²) in [6.07, 6.45) is 0.581. The van der Waals surface area contributed by atoms with Gasteiger partial charge >= 0.3 is 0 Å². The molecule has 5 heteroatoms. The van der Waals surface area contributed by atoms with Gasteiger partial charge < -0.3 is 10.4 Å². The number of carbonyl (C=O) groups is 1. The summed E-state index contributed by atoms with van der Waals surface area (Å²) < 4.78 is 0.675. The average Bonchev–Trinajstić information content (AvgIpc) is 2.30. The van der Waals surface area contributed by atoms with Gasteiger partial charge in [0, 0.05) is 16.6 Å². The Balaban J connectivity index is 2.68. The molecule has 0 spiro atoms. The molecule has 1 aromatic carbocycles. The van der Waals surface area contributed by atoms with Crippen molar-refractivity contribution in [3.8, 4) is 0 Å². The van der Waals surface area contributed by atoms with Crippen LogP contribution in [0, 0.1) is 0 Å². The van der Waals surface area contributed by atoms with E-state index in [-0.39, 0.29) is 12.5 Å². The largest absolute Gasteiger partial charge is 0.388 e. The van der Waals surface area contributed by atoms with Crippen molar-refractivity contribution in [3.63, 3.8) is 0 Å². The summed E-state index contributed by atoms with van der Waals surface area (Å²) in [6.45, 7) is 3.78. The van der Waals surface area contributed by atoms with Gasteiger partial charge in [-0.05, 0) is 47.5 Å². The minimum Gasteiger partial charge on any atom is -0.388 e. The molecule has 1 aromatic rings. The van der Waals surface area contributed by atoms with Crippen LogP contribution in [0.3, 0.4) is 0 Å². The highest BCUT2D eigenvalue weighted by Crippen LogP contribution is 2.23. The quantitative estimate of drug-likeness (QED) is 0.896. The van der Waals surface area contributed by atoms with Crippen molar-refractivity contribution < 1.29 is 9.90 Å². The molecule has 0 bridgehead atoms. The Kier molecular flexibility index (Phi) is 4.98. The smallest absolute Gasteiger partial charge is 0.251 e. The summed E-state index contributed by atoms with van der Waals surface area (Å²) in [4.78, 5) is 11.8. The topological polar surface area (TPSA) is 49.3 Å². The fourth-order valence-electron chi connectivity index (χ4n) is 1.14. The SMILES string of the molecule is CCC(C)(O)CNC(=O)c1ccc(Cl)c(Br)c1. The van der Waals surface area contributed by atoms with E-state index in [0.717, 1.165) is 0 Å². The molecule has 0 fully saturated rings. The molecule has 2 N–H and O–H groups in total. The first-order valence-corrected chi connectivity index (χ1v) is 6.48. The summed E-state index contributed by atoms with van der Waals surface area (Å²) in [5.41, 5.74) is -0.368. The molecule has 1 amide bonds. The van der Waals surface area contributed by atoms with Crippen LogP contribution in [-0.4, -0.2) is 23.2 Å². The second kappa shape index (κ2) is 5.85. The van der Waals surface area contributed by atoms with Crippen LogP contribution < -0.4 is 5.32 Å². The van der Waals surface area contributed by atoms with Crippen molar-refractivity contribution in [2.24, 2.45) is 0 Å². The number of nitrogens with one attached hydrogen (secondary N) is 1. The number of aliphatic hydroxyl groups is 1. The van der Waals surface area contributed by atoms with Crippen LogP contribution in [0.15, 0.2) is 22.7 Å². The highest BCUT2D eigenvalue weighted by Gasteiger charge is 2.18. The molecule has 1 unspecified atom stereocenters. The summed E-state index contributed by atoms with van der Waals surface area (Å²) in [6, 6.07) is 4.94. The van der Waals surface area contributed by atoms with E-state index in [1.54, 1.807) is 25.1 Å². The molecular formula is C12H15BrClNO2. The van der Waals surface area contributed by atoms with E-state index in [1.165, 1.54) is 0 Å². The first-order chi connectivity index (χ1) is 7.85. The number of hydrogen-bond acceptors (Lipinski definition) is 2. The van der Waals surface area contributed by atoms with Crippen LogP contribution in [0.25, 0.3) is 0 Å². The Morgan fingerprint density at radius 1 is 1.59 bits per heavy atom. The summed E-state index contributed by atoms with van der Waals surface area (Å²) in [7, 11) is 0. The van der Waals surface area contributed by atoms with Crippen LogP contribution in [0.4, 0.5) is 0 Å². The maximum atomic E-state index is 11.8. The maximum absolute atomic E-state index is 11.8. The van der Waals surface area contributed by atoms with Crippen LogP contribution in [0.5, 0.6) is 0 Å². The van der Waals surface area contributed by atoms with Gasteiger partial charge in [0.2, 0.25) is 0 Å². The van der Waals surface area contributed by atoms with E-state index >= 15 is 0 Å². The first-order valence-electron chi connectivity index (χ1n) is 5.31. The zero-order chi connectivity index (χ0) is 13.1. The molecule has 0 radical (unpaired) electrons. The molecular weight excluding hydrogens is 305 g/mol. The van der Waals surface area contributed by atoms with Gasteiger partial charge in [0.15, 0.2) is 0 Å². The van der Waals surface area contributed by atoms with E-state index in [2.05, 4.69) is 21.2 Å². The Morgan fingerprint density at radius 2 is 2.24 bits per heavy atom. The van der Waals surface area contributed by atoms with Gasteiger partial charge in [-0.15, -0.1) is 0 Å². The Morgan fingerprint density at radius 3 is 2.76 bits per heavy atom. The molecule has 1 atom stereocenters. The van der Waals surface area contributed by atoms with Crippen LogP contribution in [0.1, 0.15) is 30.6 Å². The lowest BCUT2D eigenvalue weighted by Gasteiger charge is -2.21. The summed E-state index contributed by atoms with van der Waals surface area (Å²) in [5, 5.41) is 13.0. The van der Waals surface area contributed by atoms with Gasteiger partial charge in [0.1, 0.15) is 0 Å². The van der Waals surface area contributed by atoms with E-state index in [1.807, 2.05) is 6.92 Å². The molecule has 1 rings (SSSR count). The van der Waals surface area contributed by atoms with E-state index in [9.17, 15) is 9.90 Å². The molecule has 0 aliphatic heterocycles. The van der Waals surface area contributed by atoms with Gasteiger partial charge in [-0.2, -0.15) is 0 Å². The fourth-order valence-corrected chi connectivity index (χ4v) is 1.63. The molecule has 3 nitrogen and oxygen atoms in total. The lowest BCUT2D eigenvalue weighted by molar-refractivity contribution is 0.0518. The molecule has 17 heavy (non-hydrogen) atoms. The molecule has 0 aromatic heterocycles. The van der Waals surface area contributed by atoms with Gasteiger partial charge in [0.25, 0.3) is 5.91 Å². The average molecular weight is 321 g/mol. The van der Waals surface area contributed by atoms with E-state index in [4.69, 9.17) is 11.6 Å². The second-order valence-electron chi connectivity index (χ2n) is 4.16. The van der Waals surface area contributed by atoms with Crippen LogP contribution in [0.2, 0.25) is 5.02 Å². The first kappa shape index (κ1) is 14.5. The predicted octanol–water partition coefficient (Wildman–Crippen LogP) is 2.99. The van der Waals surface area contributed by atoms with Crippen LogP contribution in [-0.2, 0) is 0 Å². The van der Waals surface area contributed by atoms with Gasteiger partial charge in [0.05, 0.1) is 10.6 Å². The summed E-state index contributed by atoms with van der Waals surface area (Å²) in [5.74, 6) is -0.226. The minimum atomic E-state index is -0.876. The van der Waals surface area contributed by atoms with E-state index < -0.39 is 5.60 Å². The zero-order valence-corrected chi connectivity index (χ0v) is 12.1. The number of benzene rings is 1. The summed E-state index contributed by atoms with van der Waals surface area (Å²) >= 11 is 9.10. The highest BCUT2D eigenvalue weighted by atomic mass is 79.9. The van der Waals surface area contributed by atoms with Crippen molar-refractivity contribution in [2.75, 3.05) is 6.54 Å². The van der Waals surface area contributed by atoms with Crippen molar-refractivity contribution in [1.29, 1.82) is 0 Å². The molecule has 0 saturated heterocycles. The maximum Gasteiger partial charge on any atom is 0.251 e. The Hall–Kier alpha value is -0.580. The standard InChI is InChI=1S/C12H15BrClNO2/c1-3-12(2,17)7-15-11(16)8-4-5-10(14)9(13)6-8/h4-6,17H,3,7H2,1-2H3,(H,15,16). The third-order valence-corrected chi connectivity index (χ3v) is 3.79. The van der Waals surface area contributed by atoms with Crippen molar-refractivity contribution in [3.05, 3.63) is 33.3 Å². The number of carbonyl (C=O) groups excluding carboxylic acids is 1. The molecule has 0 saturated carbocycles. The molecule has 0 aliphatic rings. The van der Waals surface area contributed by atoms with Crippen molar-refractivity contribution >= 4 is 33.4 Å². The third-order valence-electron chi connectivity index (χ3n) is 2.57. The van der Waals surface area contributed by atoms with Gasteiger partial charge in [-0.25, -0.2) is 0 Å². The van der Waals surface area contributed by atoms with E-state index in [0.29, 0.717) is 21.5 Å². The van der Waals surface area contributed by atoms with Crippen LogP contribution >= 0.6 is 27.5 Å². The number of hydrogen-bond donors (Lipinski definition) is 2. The molecule has 0 aliphatic carbocycles. The number of halogens is 2. The zero-order valence-electron chi connectivity index (χ0n) is 9.76. The lowest BCUT2D eigenvalue weighted by Crippen LogP contribution is -2.40. The number of rotatable bonds is 4. The Bertz CT molecular complexity index is 421. The minimum absolute atomic E-state index is 0.225. The highest BCUT2D eigenvalue weighted by molar-refractivity contribution is 9.10. The molecule has 94 valence electrons. The van der Waals surface area contributed by atoms with Crippen molar-refractivity contribution in [2.45, 2.75) is 25.9 Å². The Labute approximate surface area is 114 Å². The predicted molar refractivity (Wildman–Crippen MR) is 72.4 cm³/mol. The van der Waals surface area contributed by atoms with Gasteiger partial charge in [-0.1, -0.05) is 18.5 Å². The van der Waals surface area contributed by atoms with Crippen molar-refractivity contribution in [1.82, 2.24) is 5.32 Å². The second-order valence-corrected chi connectivity index (χ2v) is 5.42. The third kappa shape index (κ3) is 4.30. The molecule has 0 heterocycles. The van der Waals surface area contributed by atoms with Gasteiger partial charge in [-0.3, -0.25) is 4.79 Å². The number of amides is 1.